The molecule has 128 valence electrons. The molecule has 1 aliphatic rings. The lowest BCUT2D eigenvalue weighted by molar-refractivity contribution is 0.405. The van der Waals surface area contributed by atoms with Crippen molar-refractivity contribution in [1.29, 1.82) is 0 Å². The van der Waals surface area contributed by atoms with Crippen molar-refractivity contribution in [3.8, 4) is 17.1 Å². The molecule has 25 heavy (non-hydrogen) atoms. The third-order valence-corrected chi connectivity index (χ3v) is 3.95. The Hall–Kier alpha value is -3.07. The van der Waals surface area contributed by atoms with E-state index >= 15 is 0 Å². The number of fused-ring (bicyclic) bond motifs is 5. The highest BCUT2D eigenvalue weighted by Gasteiger charge is 2.23. The maximum Gasteiger partial charge on any atom is 0.224 e. The fourth-order valence-electron chi connectivity index (χ4n) is 2.73. The highest BCUT2D eigenvalue weighted by Crippen LogP contribution is 2.35. The van der Waals surface area contributed by atoms with E-state index in [0.29, 0.717) is 17.6 Å². The molecule has 0 spiro atoms. The van der Waals surface area contributed by atoms with Crippen LogP contribution in [0.5, 0.6) is 0 Å². The van der Waals surface area contributed by atoms with Gasteiger partial charge in [-0.2, -0.15) is 9.67 Å². The molecule has 3 aromatic rings. The molecule has 0 saturated carbocycles. The maximum absolute atomic E-state index is 4.61. The Labute approximate surface area is 145 Å². The van der Waals surface area contributed by atoms with Crippen LogP contribution in [-0.2, 0) is 0 Å². The average Bonchev–Trinajstić information content (AvgIpc) is 3.04. The van der Waals surface area contributed by atoms with Gasteiger partial charge in [0, 0.05) is 12.7 Å². The maximum atomic E-state index is 4.61. The lowest BCUT2D eigenvalue weighted by atomic mass is 10.2. The van der Waals surface area contributed by atoms with Crippen molar-refractivity contribution in [2.24, 2.45) is 0 Å². The van der Waals surface area contributed by atoms with Crippen LogP contribution in [0.15, 0.2) is 30.5 Å². The first-order chi connectivity index (χ1) is 12.2. The molecule has 2 N–H and O–H groups in total. The van der Waals surface area contributed by atoms with Crippen LogP contribution in [0.3, 0.4) is 0 Å². The van der Waals surface area contributed by atoms with Crippen LogP contribution in [0.1, 0.15) is 6.42 Å². The quantitative estimate of drug-likeness (QED) is 0.529. The summed E-state index contributed by atoms with van der Waals surface area (Å²) in [6.07, 6.45) is 2.76. The predicted molar refractivity (Wildman–Crippen MR) is 95.1 cm³/mol. The zero-order valence-corrected chi connectivity index (χ0v) is 14.1. The van der Waals surface area contributed by atoms with E-state index in [0.717, 1.165) is 36.4 Å². The van der Waals surface area contributed by atoms with E-state index in [4.69, 9.17) is 0 Å². The molecule has 0 amide bonds. The second kappa shape index (κ2) is 6.44. The van der Waals surface area contributed by atoms with E-state index in [-0.39, 0.29) is 0 Å². The lowest BCUT2D eigenvalue weighted by Crippen LogP contribution is -2.17. The van der Waals surface area contributed by atoms with E-state index < -0.39 is 0 Å². The molecule has 0 unspecified atom stereocenters. The van der Waals surface area contributed by atoms with Gasteiger partial charge in [-0.3, -0.25) is 0 Å². The van der Waals surface area contributed by atoms with Gasteiger partial charge >= 0.3 is 0 Å². The molecule has 1 aliphatic heterocycles. The summed E-state index contributed by atoms with van der Waals surface area (Å²) < 4.78 is 1.70. The largest absolute Gasteiger partial charge is 0.354 e. The van der Waals surface area contributed by atoms with Crippen molar-refractivity contribution in [2.75, 3.05) is 37.8 Å². The minimum atomic E-state index is 0.586. The smallest absolute Gasteiger partial charge is 0.224 e. The standard InChI is InChI=1S/C16H19N9/c1-24(2)9-5-8-17-16-18-10-11-14(20-16)19-12-6-3-4-7-13(12)25-15(11)21-22-23-25/h3-4,6-7,10H,5,8-9H2,1-2H3,(H2,17,18,19,20). The van der Waals surface area contributed by atoms with Gasteiger partial charge in [-0.05, 0) is 49.6 Å². The van der Waals surface area contributed by atoms with Gasteiger partial charge in [0.1, 0.15) is 5.82 Å². The average molecular weight is 337 g/mol. The molecule has 0 bridgehead atoms. The summed E-state index contributed by atoms with van der Waals surface area (Å²) in [5, 5.41) is 18.7. The van der Waals surface area contributed by atoms with Gasteiger partial charge in [0.05, 0.1) is 16.9 Å². The fourth-order valence-corrected chi connectivity index (χ4v) is 2.73. The molecule has 0 atom stereocenters. The number of rotatable bonds is 5. The molecule has 0 radical (unpaired) electrons. The number of hydrogen-bond acceptors (Lipinski definition) is 8. The molecule has 4 rings (SSSR count). The summed E-state index contributed by atoms with van der Waals surface area (Å²) in [6.45, 7) is 1.82. The van der Waals surface area contributed by atoms with Crippen molar-refractivity contribution in [2.45, 2.75) is 6.42 Å². The molecule has 0 aliphatic carbocycles. The number of aromatic nitrogens is 6. The summed E-state index contributed by atoms with van der Waals surface area (Å²) in [7, 11) is 4.12. The van der Waals surface area contributed by atoms with E-state index in [1.54, 1.807) is 10.9 Å². The molecular weight excluding hydrogens is 318 g/mol. The van der Waals surface area contributed by atoms with Crippen LogP contribution in [0.4, 0.5) is 17.5 Å². The number of hydrogen-bond donors (Lipinski definition) is 2. The molecule has 2 aromatic heterocycles. The molecule has 9 nitrogen and oxygen atoms in total. The molecule has 3 heterocycles. The van der Waals surface area contributed by atoms with Crippen molar-refractivity contribution in [3.05, 3.63) is 30.5 Å². The molecule has 9 heteroatoms. The number of anilines is 3. The number of para-hydroxylation sites is 2. The van der Waals surface area contributed by atoms with Crippen LogP contribution in [0, 0.1) is 0 Å². The monoisotopic (exact) mass is 337 g/mol. The highest BCUT2D eigenvalue weighted by molar-refractivity contribution is 5.81. The van der Waals surface area contributed by atoms with E-state index in [1.165, 1.54) is 0 Å². The minimum absolute atomic E-state index is 0.586. The first-order valence-electron chi connectivity index (χ1n) is 8.13. The summed E-state index contributed by atoms with van der Waals surface area (Å²) in [6, 6.07) is 7.85. The van der Waals surface area contributed by atoms with Crippen molar-refractivity contribution >= 4 is 17.5 Å². The van der Waals surface area contributed by atoms with Gasteiger partial charge in [0.25, 0.3) is 0 Å². The van der Waals surface area contributed by atoms with Gasteiger partial charge in [-0.25, -0.2) is 4.98 Å². The zero-order chi connectivity index (χ0) is 17.2. The van der Waals surface area contributed by atoms with Crippen molar-refractivity contribution < 1.29 is 0 Å². The third-order valence-electron chi connectivity index (χ3n) is 3.95. The van der Waals surface area contributed by atoms with E-state index in [9.17, 15) is 0 Å². The van der Waals surface area contributed by atoms with Crippen LogP contribution in [0.2, 0.25) is 0 Å². The van der Waals surface area contributed by atoms with E-state index in [2.05, 4.69) is 55.1 Å². The predicted octanol–water partition coefficient (Wildman–Crippen LogP) is 1.54. The molecule has 0 saturated heterocycles. The molecule has 0 fully saturated rings. The summed E-state index contributed by atoms with van der Waals surface area (Å²) in [5.74, 6) is 1.89. The van der Waals surface area contributed by atoms with Crippen LogP contribution < -0.4 is 10.6 Å². The summed E-state index contributed by atoms with van der Waals surface area (Å²) in [5.41, 5.74) is 2.54. The van der Waals surface area contributed by atoms with E-state index in [1.807, 2.05) is 24.3 Å². The van der Waals surface area contributed by atoms with Crippen molar-refractivity contribution in [3.63, 3.8) is 0 Å². The first-order valence-corrected chi connectivity index (χ1v) is 8.13. The Morgan fingerprint density at radius 2 is 2.12 bits per heavy atom. The molecular formula is C16H19N9. The Kier molecular flexibility index (Phi) is 3.98. The molecule has 1 aromatic carbocycles. The number of nitrogens with one attached hydrogen (secondary N) is 2. The Bertz CT molecular complexity index is 887. The highest BCUT2D eigenvalue weighted by atomic mass is 15.5. The van der Waals surface area contributed by atoms with Crippen LogP contribution in [-0.4, -0.2) is 62.3 Å². The SMILES string of the molecule is CN(C)CCCNc1ncc2c(n1)Nc1ccccc1-n1nnnc1-2. The van der Waals surface area contributed by atoms with Gasteiger partial charge in [-0.1, -0.05) is 12.1 Å². The van der Waals surface area contributed by atoms with Crippen LogP contribution in [0.25, 0.3) is 17.1 Å². The Morgan fingerprint density at radius 3 is 3.00 bits per heavy atom. The topological polar surface area (TPSA) is 96.7 Å². The van der Waals surface area contributed by atoms with Crippen LogP contribution >= 0.6 is 0 Å². The summed E-state index contributed by atoms with van der Waals surface area (Å²) >= 11 is 0. The number of tetrazole rings is 1. The number of benzene rings is 1. The van der Waals surface area contributed by atoms with Gasteiger partial charge in [-0.15, -0.1) is 5.10 Å². The van der Waals surface area contributed by atoms with Gasteiger partial charge in [0.2, 0.25) is 5.95 Å². The minimum Gasteiger partial charge on any atom is -0.354 e. The van der Waals surface area contributed by atoms with Gasteiger partial charge < -0.3 is 15.5 Å². The Morgan fingerprint density at radius 1 is 1.24 bits per heavy atom. The lowest BCUT2D eigenvalue weighted by Gasteiger charge is -2.11. The zero-order valence-electron chi connectivity index (χ0n) is 14.1. The second-order valence-electron chi connectivity index (χ2n) is 6.10. The van der Waals surface area contributed by atoms with Gasteiger partial charge in [0.15, 0.2) is 5.82 Å². The summed E-state index contributed by atoms with van der Waals surface area (Å²) in [4.78, 5) is 11.2. The number of nitrogens with zero attached hydrogens (tertiary/aromatic N) is 7. The van der Waals surface area contributed by atoms with Crippen molar-refractivity contribution in [1.82, 2.24) is 35.1 Å². The Balaban J connectivity index is 1.65. The second-order valence-corrected chi connectivity index (χ2v) is 6.10. The normalized spacial score (nSPS) is 12.0. The third kappa shape index (κ3) is 3.01. The first kappa shape index (κ1) is 15.5. The fraction of sp³-hybridized carbons (Fsp3) is 0.312.